The van der Waals surface area contributed by atoms with Crippen LogP contribution in [0.4, 0.5) is 0 Å². The number of guanidine groups is 1. The molecule has 64 valence electrons. The van der Waals surface area contributed by atoms with E-state index in [4.69, 9.17) is 23.7 Å². The lowest BCUT2D eigenvalue weighted by atomic mass is 10.1. The molecule has 0 amide bonds. The average molecular weight is 174 g/mol. The Morgan fingerprint density at radius 2 is 1.82 bits per heavy atom. The van der Waals surface area contributed by atoms with E-state index < -0.39 is 0 Å². The van der Waals surface area contributed by atoms with Gasteiger partial charge in [0.2, 0.25) is 0 Å². The number of hydrogen-bond acceptors (Lipinski definition) is 1. The Kier molecular flexibility index (Phi) is 3.25. The monoisotopic (exact) mass is 174 g/mol. The first-order valence-corrected chi connectivity index (χ1v) is 3.64. The molecule has 5 N–H and O–H groups in total. The molecular weight excluding hydrogens is 160 g/mol. The molecule has 0 fully saturated rings. The Morgan fingerprint density at radius 3 is 2.09 bits per heavy atom. The molecule has 0 aliphatic carbocycles. The van der Waals surface area contributed by atoms with Crippen LogP contribution in [0, 0.1) is 0 Å². The largest absolute Gasteiger partial charge is 0.370 e. The van der Waals surface area contributed by atoms with Gasteiger partial charge in [-0.1, -0.05) is 0 Å². The van der Waals surface area contributed by atoms with Gasteiger partial charge in [-0.2, -0.15) is 4.99 Å². The van der Waals surface area contributed by atoms with E-state index in [-0.39, 0.29) is 11.5 Å². The molecule has 0 atom stereocenters. The Bertz CT molecular complexity index is 176. The van der Waals surface area contributed by atoms with Crippen LogP contribution >= 0.6 is 12.2 Å². The maximum Gasteiger partial charge on any atom is 0.196 e. The van der Waals surface area contributed by atoms with E-state index in [1.165, 1.54) is 0 Å². The van der Waals surface area contributed by atoms with Gasteiger partial charge in [0.05, 0.1) is 0 Å². The van der Waals surface area contributed by atoms with Gasteiger partial charge in [-0.3, -0.25) is 0 Å². The zero-order valence-electron chi connectivity index (χ0n) is 7.01. The van der Waals surface area contributed by atoms with E-state index in [0.717, 1.165) is 0 Å². The number of hydrogen-bond donors (Lipinski definition) is 3. The van der Waals surface area contributed by atoms with Crippen molar-refractivity contribution in [1.82, 2.24) is 5.32 Å². The predicted octanol–water partition coefficient (Wildman–Crippen LogP) is -0.0672. The van der Waals surface area contributed by atoms with Gasteiger partial charge in [0.15, 0.2) is 11.1 Å². The number of nitrogens with zero attached hydrogens (tertiary/aromatic N) is 1. The number of aliphatic imine (C=N–C) groups is 1. The Labute approximate surface area is 72.0 Å². The fraction of sp³-hybridized carbons (Fsp3) is 0.667. The first-order valence-electron chi connectivity index (χ1n) is 3.23. The van der Waals surface area contributed by atoms with Gasteiger partial charge in [-0.25, -0.2) is 0 Å². The molecule has 0 aromatic carbocycles. The normalized spacial score (nSPS) is 10.5. The summed E-state index contributed by atoms with van der Waals surface area (Å²) in [7, 11) is 0. The summed E-state index contributed by atoms with van der Waals surface area (Å²) in [5, 5.41) is 3.25. The van der Waals surface area contributed by atoms with Crippen molar-refractivity contribution in [3.8, 4) is 0 Å². The van der Waals surface area contributed by atoms with Crippen LogP contribution in [0.15, 0.2) is 4.99 Å². The average Bonchev–Trinajstić information content (AvgIpc) is 1.53. The van der Waals surface area contributed by atoms with Gasteiger partial charge in [0.25, 0.3) is 0 Å². The molecule has 0 aromatic heterocycles. The summed E-state index contributed by atoms with van der Waals surface area (Å²) in [5.41, 5.74) is 10.1. The van der Waals surface area contributed by atoms with Crippen LogP contribution in [-0.2, 0) is 0 Å². The predicted molar refractivity (Wildman–Crippen MR) is 51.3 cm³/mol. The molecule has 0 saturated carbocycles. The molecule has 0 rings (SSSR count). The quantitative estimate of drug-likeness (QED) is 0.273. The molecular formula is C6H14N4S. The van der Waals surface area contributed by atoms with E-state index >= 15 is 0 Å². The fourth-order valence-electron chi connectivity index (χ4n) is 0.466. The van der Waals surface area contributed by atoms with Crippen LogP contribution in [0.2, 0.25) is 0 Å². The van der Waals surface area contributed by atoms with Crippen LogP contribution in [-0.4, -0.2) is 16.6 Å². The van der Waals surface area contributed by atoms with E-state index in [1.54, 1.807) is 0 Å². The summed E-state index contributed by atoms with van der Waals surface area (Å²) in [5.74, 6) is -0.0215. The summed E-state index contributed by atoms with van der Waals surface area (Å²) in [4.78, 5) is 3.66. The van der Waals surface area contributed by atoms with Crippen molar-refractivity contribution < 1.29 is 0 Å². The maximum absolute atomic E-state index is 5.11. The van der Waals surface area contributed by atoms with Crippen molar-refractivity contribution >= 4 is 23.3 Å². The zero-order valence-corrected chi connectivity index (χ0v) is 7.83. The lowest BCUT2D eigenvalue weighted by Gasteiger charge is -2.20. The van der Waals surface area contributed by atoms with E-state index in [1.807, 2.05) is 20.8 Å². The molecule has 0 saturated heterocycles. The van der Waals surface area contributed by atoms with Gasteiger partial charge in [-0.05, 0) is 33.0 Å². The van der Waals surface area contributed by atoms with Crippen LogP contribution in [0.3, 0.4) is 0 Å². The first kappa shape index (κ1) is 10.2. The van der Waals surface area contributed by atoms with Gasteiger partial charge < -0.3 is 16.8 Å². The third-order valence-electron chi connectivity index (χ3n) is 0.713. The zero-order chi connectivity index (χ0) is 9.07. The lowest BCUT2D eigenvalue weighted by Crippen LogP contribution is -2.40. The second-order valence-electron chi connectivity index (χ2n) is 3.22. The molecule has 11 heavy (non-hydrogen) atoms. The van der Waals surface area contributed by atoms with Crippen molar-refractivity contribution in [1.29, 1.82) is 0 Å². The van der Waals surface area contributed by atoms with Crippen LogP contribution in [0.25, 0.3) is 0 Å². The van der Waals surface area contributed by atoms with E-state index in [2.05, 4.69) is 10.3 Å². The van der Waals surface area contributed by atoms with Crippen LogP contribution in [0.5, 0.6) is 0 Å². The van der Waals surface area contributed by atoms with Crippen molar-refractivity contribution in [2.24, 2.45) is 16.5 Å². The topological polar surface area (TPSA) is 76.4 Å². The molecule has 0 aromatic rings. The number of rotatable bonds is 0. The van der Waals surface area contributed by atoms with Gasteiger partial charge in [0, 0.05) is 5.54 Å². The molecule has 0 bridgehead atoms. The Balaban J connectivity index is 4.00. The highest BCUT2D eigenvalue weighted by Gasteiger charge is 2.09. The van der Waals surface area contributed by atoms with Crippen molar-refractivity contribution in [2.75, 3.05) is 0 Å². The van der Waals surface area contributed by atoms with E-state index in [9.17, 15) is 0 Å². The summed E-state index contributed by atoms with van der Waals surface area (Å²) < 4.78 is 0. The van der Waals surface area contributed by atoms with Crippen molar-refractivity contribution in [3.05, 3.63) is 0 Å². The molecule has 0 unspecified atom stereocenters. The molecule has 5 heteroatoms. The van der Waals surface area contributed by atoms with Gasteiger partial charge in [0.1, 0.15) is 0 Å². The second kappa shape index (κ2) is 3.52. The minimum atomic E-state index is -0.101. The highest BCUT2D eigenvalue weighted by molar-refractivity contribution is 7.80. The molecule has 0 aliphatic rings. The number of nitrogens with one attached hydrogen (secondary N) is 1. The van der Waals surface area contributed by atoms with Crippen LogP contribution < -0.4 is 16.8 Å². The summed E-state index contributed by atoms with van der Waals surface area (Å²) in [6.07, 6.45) is 0. The lowest BCUT2D eigenvalue weighted by molar-refractivity contribution is 0.513. The van der Waals surface area contributed by atoms with Gasteiger partial charge >= 0.3 is 0 Å². The smallest absolute Gasteiger partial charge is 0.196 e. The third-order valence-corrected chi connectivity index (χ3v) is 0.906. The highest BCUT2D eigenvalue weighted by Crippen LogP contribution is 1.98. The highest BCUT2D eigenvalue weighted by atomic mass is 32.1. The molecule has 0 heterocycles. The number of thiocarbonyl (C=S) groups is 1. The first-order chi connectivity index (χ1) is 4.81. The van der Waals surface area contributed by atoms with Crippen molar-refractivity contribution in [3.63, 3.8) is 0 Å². The molecule has 0 aliphatic heterocycles. The Hall–Kier alpha value is -0.840. The van der Waals surface area contributed by atoms with Gasteiger partial charge in [-0.15, -0.1) is 0 Å². The van der Waals surface area contributed by atoms with Crippen molar-refractivity contribution in [2.45, 2.75) is 26.3 Å². The number of nitrogens with two attached hydrogens (primary N) is 2. The SMILES string of the molecule is CC(C)(C)NC(=S)N=C(N)N. The molecule has 4 nitrogen and oxygen atoms in total. The summed E-state index contributed by atoms with van der Waals surface area (Å²) in [6.45, 7) is 5.92. The maximum atomic E-state index is 5.11. The molecule has 0 radical (unpaired) electrons. The molecule has 0 spiro atoms. The van der Waals surface area contributed by atoms with Crippen LogP contribution in [0.1, 0.15) is 20.8 Å². The van der Waals surface area contributed by atoms with E-state index in [0.29, 0.717) is 5.11 Å². The second-order valence-corrected chi connectivity index (χ2v) is 3.60. The summed E-state index contributed by atoms with van der Waals surface area (Å²) in [6, 6.07) is 0. The summed E-state index contributed by atoms with van der Waals surface area (Å²) >= 11 is 4.82. The third kappa shape index (κ3) is 7.05. The minimum Gasteiger partial charge on any atom is -0.370 e. The Morgan fingerprint density at radius 1 is 1.36 bits per heavy atom. The standard InChI is InChI=1S/C6H14N4S/c1-6(2,3)10-5(11)9-4(7)8/h1-3H3,(H5,7,8,9,10,11). The fourth-order valence-corrected chi connectivity index (χ4v) is 0.878. The minimum absolute atomic E-state index is 0.0215.